The predicted octanol–water partition coefficient (Wildman–Crippen LogP) is 3.58. The summed E-state index contributed by atoms with van der Waals surface area (Å²) in [4.78, 5) is 11.9. The van der Waals surface area contributed by atoms with Gasteiger partial charge in [-0.15, -0.1) is 0 Å². The highest BCUT2D eigenvalue weighted by Crippen LogP contribution is 2.26. The van der Waals surface area contributed by atoms with Crippen LogP contribution in [0.3, 0.4) is 0 Å². The number of rotatable bonds is 4. The molecule has 1 aliphatic rings. The molecule has 0 N–H and O–H groups in total. The van der Waals surface area contributed by atoms with Crippen LogP contribution in [0.25, 0.3) is 0 Å². The fourth-order valence-electron chi connectivity index (χ4n) is 2.51. The Labute approximate surface area is 109 Å². The summed E-state index contributed by atoms with van der Waals surface area (Å²) in [7, 11) is 1.67. The van der Waals surface area contributed by atoms with E-state index in [0.29, 0.717) is 6.42 Å². The van der Waals surface area contributed by atoms with Gasteiger partial charge >= 0.3 is 0 Å². The van der Waals surface area contributed by atoms with Gasteiger partial charge in [0.05, 0.1) is 7.11 Å². The van der Waals surface area contributed by atoms with Crippen LogP contribution in [0.2, 0.25) is 0 Å². The third-order valence-corrected chi connectivity index (χ3v) is 3.47. The average Bonchev–Trinajstić information content (AvgIpc) is 2.37. The normalized spacial score (nSPS) is 16.0. The van der Waals surface area contributed by atoms with E-state index in [4.69, 9.17) is 4.74 Å². The van der Waals surface area contributed by atoms with Crippen molar-refractivity contribution in [3.63, 3.8) is 0 Å². The predicted molar refractivity (Wildman–Crippen MR) is 72.4 cm³/mol. The second kappa shape index (κ2) is 5.85. The first-order chi connectivity index (χ1) is 8.70. The third-order valence-electron chi connectivity index (χ3n) is 3.47. The minimum atomic E-state index is 0.269. The summed E-state index contributed by atoms with van der Waals surface area (Å²) in [5.74, 6) is 1.17. The van der Waals surface area contributed by atoms with E-state index in [2.05, 4.69) is 31.2 Å². The van der Waals surface area contributed by atoms with Crippen LogP contribution in [0.15, 0.2) is 35.6 Å². The molecule has 0 spiro atoms. The van der Waals surface area contributed by atoms with E-state index in [0.717, 1.165) is 37.0 Å². The van der Waals surface area contributed by atoms with Gasteiger partial charge in [-0.2, -0.15) is 0 Å². The topological polar surface area (TPSA) is 26.3 Å². The highest BCUT2D eigenvalue weighted by Gasteiger charge is 2.20. The van der Waals surface area contributed by atoms with Gasteiger partial charge < -0.3 is 4.74 Å². The van der Waals surface area contributed by atoms with E-state index in [1.807, 2.05) is 0 Å². The zero-order valence-electron chi connectivity index (χ0n) is 11.2. The number of ether oxygens (including phenoxy) is 1. The molecule has 0 amide bonds. The molecule has 1 aliphatic carbocycles. The summed E-state index contributed by atoms with van der Waals surface area (Å²) in [6, 6.07) is 8.46. The second-order valence-electron chi connectivity index (χ2n) is 4.87. The van der Waals surface area contributed by atoms with Crippen molar-refractivity contribution in [3.05, 3.63) is 46.7 Å². The number of methoxy groups -OCH3 is 1. The molecule has 1 aromatic carbocycles. The molecule has 0 saturated heterocycles. The van der Waals surface area contributed by atoms with Crippen LogP contribution < -0.4 is 0 Å². The van der Waals surface area contributed by atoms with E-state index in [1.54, 1.807) is 7.11 Å². The molecule has 0 bridgehead atoms. The van der Waals surface area contributed by atoms with E-state index in [-0.39, 0.29) is 5.78 Å². The second-order valence-corrected chi connectivity index (χ2v) is 4.87. The Morgan fingerprint density at radius 3 is 2.78 bits per heavy atom. The van der Waals surface area contributed by atoms with Crippen molar-refractivity contribution >= 4 is 5.78 Å². The van der Waals surface area contributed by atoms with Crippen LogP contribution in [0.4, 0.5) is 0 Å². The molecule has 0 aliphatic heterocycles. The number of aryl methyl sites for hydroxylation is 2. The molecule has 0 atom stereocenters. The summed E-state index contributed by atoms with van der Waals surface area (Å²) in [6.07, 6.45) is 4.22. The average molecular weight is 244 g/mol. The molecular weight excluding hydrogens is 224 g/mol. The van der Waals surface area contributed by atoms with Crippen LogP contribution in [0.1, 0.15) is 36.8 Å². The van der Waals surface area contributed by atoms with Crippen LogP contribution >= 0.6 is 0 Å². The summed E-state index contributed by atoms with van der Waals surface area (Å²) >= 11 is 0. The van der Waals surface area contributed by atoms with Crippen molar-refractivity contribution in [3.8, 4) is 0 Å². The van der Waals surface area contributed by atoms with Gasteiger partial charge in [-0.1, -0.05) is 29.8 Å². The number of benzene rings is 1. The van der Waals surface area contributed by atoms with Crippen molar-refractivity contribution in [1.29, 1.82) is 0 Å². The molecule has 96 valence electrons. The number of Topliss-reactive ketones (excluding diaryl/α,β-unsaturated/α-hetero) is 1. The van der Waals surface area contributed by atoms with Crippen molar-refractivity contribution in [2.24, 2.45) is 0 Å². The molecule has 0 radical (unpaired) electrons. The molecule has 1 aromatic rings. The first-order valence-corrected chi connectivity index (χ1v) is 6.55. The maximum atomic E-state index is 11.9. The molecule has 2 nitrogen and oxygen atoms in total. The summed E-state index contributed by atoms with van der Waals surface area (Å²) in [5, 5.41) is 0. The fourth-order valence-corrected chi connectivity index (χ4v) is 2.51. The molecule has 0 fully saturated rings. The van der Waals surface area contributed by atoms with Gasteiger partial charge in [0.2, 0.25) is 0 Å². The lowest BCUT2D eigenvalue weighted by molar-refractivity contribution is -0.116. The number of hydrogen-bond donors (Lipinski definition) is 0. The van der Waals surface area contributed by atoms with E-state index in [1.165, 1.54) is 11.1 Å². The van der Waals surface area contributed by atoms with E-state index >= 15 is 0 Å². The van der Waals surface area contributed by atoms with Crippen LogP contribution in [-0.2, 0) is 16.0 Å². The van der Waals surface area contributed by atoms with Gasteiger partial charge in [0.25, 0.3) is 0 Å². The largest absolute Gasteiger partial charge is 0.501 e. The first-order valence-electron chi connectivity index (χ1n) is 6.55. The zero-order valence-corrected chi connectivity index (χ0v) is 11.2. The Kier molecular flexibility index (Phi) is 4.19. The molecule has 2 rings (SSSR count). The summed E-state index contributed by atoms with van der Waals surface area (Å²) < 4.78 is 5.35. The first kappa shape index (κ1) is 12.9. The number of allylic oxidation sites excluding steroid dienone is 2. The summed E-state index contributed by atoms with van der Waals surface area (Å²) in [5.41, 5.74) is 3.46. The maximum Gasteiger partial charge on any atom is 0.162 e. The highest BCUT2D eigenvalue weighted by atomic mass is 16.5. The molecule has 0 aromatic heterocycles. The molecule has 0 saturated carbocycles. The van der Waals surface area contributed by atoms with Gasteiger partial charge in [0, 0.05) is 18.4 Å². The molecule has 0 unspecified atom stereocenters. The number of carbonyl (C=O) groups is 1. The van der Waals surface area contributed by atoms with Gasteiger partial charge in [-0.05, 0) is 31.7 Å². The molecule has 0 heterocycles. The van der Waals surface area contributed by atoms with E-state index < -0.39 is 0 Å². The highest BCUT2D eigenvalue weighted by molar-refractivity contribution is 5.96. The SMILES string of the molecule is COC1=C(CCc2cccc(C)c2)C(=O)CCC1. The smallest absolute Gasteiger partial charge is 0.162 e. The Bertz CT molecular complexity index is 472. The molecule has 2 heteroatoms. The Balaban J connectivity index is 2.08. The third kappa shape index (κ3) is 3.00. The molecule has 18 heavy (non-hydrogen) atoms. The maximum absolute atomic E-state index is 11.9. The monoisotopic (exact) mass is 244 g/mol. The van der Waals surface area contributed by atoms with Crippen molar-refractivity contribution < 1.29 is 9.53 Å². The van der Waals surface area contributed by atoms with Crippen LogP contribution in [-0.4, -0.2) is 12.9 Å². The van der Waals surface area contributed by atoms with E-state index in [9.17, 15) is 4.79 Å². The zero-order chi connectivity index (χ0) is 13.0. The van der Waals surface area contributed by atoms with Crippen LogP contribution in [0.5, 0.6) is 0 Å². The Hall–Kier alpha value is -1.57. The Morgan fingerprint density at radius 2 is 2.06 bits per heavy atom. The minimum Gasteiger partial charge on any atom is -0.501 e. The number of ketones is 1. The van der Waals surface area contributed by atoms with Crippen molar-refractivity contribution in [2.75, 3.05) is 7.11 Å². The van der Waals surface area contributed by atoms with Crippen LogP contribution in [0, 0.1) is 6.92 Å². The van der Waals surface area contributed by atoms with Gasteiger partial charge in [0.15, 0.2) is 5.78 Å². The van der Waals surface area contributed by atoms with Gasteiger partial charge in [0.1, 0.15) is 5.76 Å². The fraction of sp³-hybridized carbons (Fsp3) is 0.438. The lowest BCUT2D eigenvalue weighted by Crippen LogP contribution is -2.13. The quantitative estimate of drug-likeness (QED) is 0.809. The van der Waals surface area contributed by atoms with Crippen molar-refractivity contribution in [1.82, 2.24) is 0 Å². The van der Waals surface area contributed by atoms with Crippen molar-refractivity contribution in [2.45, 2.75) is 39.0 Å². The molecular formula is C16H20O2. The van der Waals surface area contributed by atoms with Gasteiger partial charge in [-0.25, -0.2) is 0 Å². The number of carbonyl (C=O) groups excluding carboxylic acids is 1. The van der Waals surface area contributed by atoms with Gasteiger partial charge in [-0.3, -0.25) is 4.79 Å². The number of hydrogen-bond acceptors (Lipinski definition) is 2. The Morgan fingerprint density at radius 1 is 1.22 bits per heavy atom. The lowest BCUT2D eigenvalue weighted by atomic mass is 9.91. The summed E-state index contributed by atoms with van der Waals surface area (Å²) in [6.45, 7) is 2.09. The minimum absolute atomic E-state index is 0.269. The standard InChI is InChI=1S/C16H20O2/c1-12-5-3-6-13(11-12)9-10-14-15(17)7-4-8-16(14)18-2/h3,5-6,11H,4,7-10H2,1-2H3. The lowest BCUT2D eigenvalue weighted by Gasteiger charge is -2.18.